The molecule has 1 saturated carbocycles. The lowest BCUT2D eigenvalue weighted by atomic mass is 10.1. The molecule has 4 rings (SSSR count). The molecule has 2 aromatic rings. The first kappa shape index (κ1) is 16.7. The number of nitrogens with one attached hydrogen (secondary N) is 2. The maximum absolute atomic E-state index is 12.7. The van der Waals surface area contributed by atoms with Crippen LogP contribution in [-0.2, 0) is 6.42 Å². The van der Waals surface area contributed by atoms with Crippen LogP contribution >= 0.6 is 0 Å². The first-order chi connectivity index (χ1) is 12.6. The van der Waals surface area contributed by atoms with E-state index in [1.165, 1.54) is 0 Å². The standard InChI is InChI=1S/C20H23N3O3/c1-3-25-18-9-14-8-12(2)26-17(14)11-16(18)23-20(24)13-6-7-21-19(10-13)22-15-4-5-15/h6-7,9-12,15H,3-5,8H2,1-2H3,(H,21,22)(H,23,24). The lowest BCUT2D eigenvalue weighted by Gasteiger charge is -2.14. The molecule has 0 radical (unpaired) electrons. The van der Waals surface area contributed by atoms with E-state index in [0.29, 0.717) is 29.6 Å². The summed E-state index contributed by atoms with van der Waals surface area (Å²) in [5.41, 5.74) is 2.29. The molecule has 0 saturated heterocycles. The number of anilines is 2. The van der Waals surface area contributed by atoms with Crippen LogP contribution in [0.25, 0.3) is 0 Å². The zero-order valence-corrected chi connectivity index (χ0v) is 15.0. The number of carbonyl (C=O) groups excluding carboxylic acids is 1. The van der Waals surface area contributed by atoms with Gasteiger partial charge in [0, 0.05) is 35.9 Å². The third-order valence-electron chi connectivity index (χ3n) is 4.50. The van der Waals surface area contributed by atoms with Gasteiger partial charge in [0.15, 0.2) is 0 Å². The highest BCUT2D eigenvalue weighted by atomic mass is 16.5. The topological polar surface area (TPSA) is 72.5 Å². The second kappa shape index (κ2) is 6.86. The number of hydrogen-bond donors (Lipinski definition) is 2. The monoisotopic (exact) mass is 353 g/mol. The zero-order chi connectivity index (χ0) is 18.1. The van der Waals surface area contributed by atoms with Crippen LogP contribution in [0.1, 0.15) is 42.6 Å². The number of amides is 1. The van der Waals surface area contributed by atoms with Crippen LogP contribution in [0.5, 0.6) is 11.5 Å². The summed E-state index contributed by atoms with van der Waals surface area (Å²) >= 11 is 0. The van der Waals surface area contributed by atoms with Crippen LogP contribution in [0.2, 0.25) is 0 Å². The Morgan fingerprint density at radius 1 is 1.35 bits per heavy atom. The molecule has 1 aromatic carbocycles. The Bertz CT molecular complexity index is 833. The summed E-state index contributed by atoms with van der Waals surface area (Å²) in [5.74, 6) is 2.01. The lowest BCUT2D eigenvalue weighted by molar-refractivity contribution is 0.102. The summed E-state index contributed by atoms with van der Waals surface area (Å²) in [7, 11) is 0. The van der Waals surface area contributed by atoms with Crippen molar-refractivity contribution in [1.82, 2.24) is 4.98 Å². The van der Waals surface area contributed by atoms with Gasteiger partial charge in [0.2, 0.25) is 0 Å². The normalized spacial score (nSPS) is 18.0. The van der Waals surface area contributed by atoms with Crippen molar-refractivity contribution in [2.24, 2.45) is 0 Å². The van der Waals surface area contributed by atoms with E-state index >= 15 is 0 Å². The molecule has 1 amide bonds. The second-order valence-electron chi connectivity index (χ2n) is 6.82. The number of hydrogen-bond acceptors (Lipinski definition) is 5. The van der Waals surface area contributed by atoms with Crippen molar-refractivity contribution in [3.63, 3.8) is 0 Å². The van der Waals surface area contributed by atoms with E-state index in [0.717, 1.165) is 36.4 Å². The van der Waals surface area contributed by atoms with Gasteiger partial charge in [0.25, 0.3) is 5.91 Å². The Labute approximate surface area is 152 Å². The maximum Gasteiger partial charge on any atom is 0.255 e. The largest absolute Gasteiger partial charge is 0.492 e. The van der Waals surface area contributed by atoms with Crippen LogP contribution in [-0.4, -0.2) is 29.6 Å². The third-order valence-corrected chi connectivity index (χ3v) is 4.50. The summed E-state index contributed by atoms with van der Waals surface area (Å²) < 4.78 is 11.5. The van der Waals surface area contributed by atoms with Crippen molar-refractivity contribution in [1.29, 1.82) is 0 Å². The van der Waals surface area contributed by atoms with E-state index in [2.05, 4.69) is 15.6 Å². The van der Waals surface area contributed by atoms with Crippen molar-refractivity contribution in [3.8, 4) is 11.5 Å². The van der Waals surface area contributed by atoms with Gasteiger partial charge in [0.05, 0.1) is 12.3 Å². The number of benzene rings is 1. The Kier molecular flexibility index (Phi) is 4.41. The molecule has 6 heteroatoms. The third kappa shape index (κ3) is 3.59. The first-order valence-electron chi connectivity index (χ1n) is 9.12. The van der Waals surface area contributed by atoms with Gasteiger partial charge >= 0.3 is 0 Å². The van der Waals surface area contributed by atoms with E-state index in [9.17, 15) is 4.79 Å². The first-order valence-corrected chi connectivity index (χ1v) is 9.12. The highest BCUT2D eigenvalue weighted by Gasteiger charge is 2.24. The van der Waals surface area contributed by atoms with Crippen LogP contribution in [0.4, 0.5) is 11.5 Å². The van der Waals surface area contributed by atoms with Crippen molar-refractivity contribution in [3.05, 3.63) is 41.6 Å². The minimum Gasteiger partial charge on any atom is -0.492 e. The summed E-state index contributed by atoms with van der Waals surface area (Å²) in [4.78, 5) is 17.0. The number of nitrogens with zero attached hydrogens (tertiary/aromatic N) is 1. The molecule has 6 nitrogen and oxygen atoms in total. The predicted octanol–water partition coefficient (Wildman–Crippen LogP) is 3.63. The number of ether oxygens (including phenoxy) is 2. The van der Waals surface area contributed by atoms with E-state index in [1.54, 1.807) is 18.3 Å². The fourth-order valence-corrected chi connectivity index (χ4v) is 3.09. The molecule has 1 aromatic heterocycles. The molecule has 2 aliphatic rings. The Morgan fingerprint density at radius 2 is 2.19 bits per heavy atom. The van der Waals surface area contributed by atoms with Crippen LogP contribution < -0.4 is 20.1 Å². The van der Waals surface area contributed by atoms with Crippen LogP contribution in [0.3, 0.4) is 0 Å². The van der Waals surface area contributed by atoms with Gasteiger partial charge < -0.3 is 20.1 Å². The average Bonchev–Trinajstić information content (AvgIpc) is 3.35. The highest BCUT2D eigenvalue weighted by molar-refractivity contribution is 6.05. The highest BCUT2D eigenvalue weighted by Crippen LogP contribution is 2.38. The van der Waals surface area contributed by atoms with Gasteiger partial charge in [-0.05, 0) is 44.9 Å². The Hall–Kier alpha value is -2.76. The number of rotatable bonds is 6. The number of carbonyl (C=O) groups is 1. The minimum atomic E-state index is -0.196. The molecule has 0 spiro atoms. The van der Waals surface area contributed by atoms with Crippen LogP contribution in [0.15, 0.2) is 30.5 Å². The van der Waals surface area contributed by atoms with Gasteiger partial charge in [0.1, 0.15) is 23.4 Å². The average molecular weight is 353 g/mol. The van der Waals surface area contributed by atoms with Crippen molar-refractivity contribution in [2.45, 2.75) is 45.3 Å². The van der Waals surface area contributed by atoms with Gasteiger partial charge in [-0.25, -0.2) is 4.98 Å². The molecule has 26 heavy (non-hydrogen) atoms. The van der Waals surface area contributed by atoms with E-state index in [1.807, 2.05) is 26.0 Å². The molecular formula is C20H23N3O3. The second-order valence-corrected chi connectivity index (χ2v) is 6.82. The number of fused-ring (bicyclic) bond motifs is 1. The maximum atomic E-state index is 12.7. The van der Waals surface area contributed by atoms with Crippen molar-refractivity contribution >= 4 is 17.4 Å². The number of pyridine rings is 1. The summed E-state index contributed by atoms with van der Waals surface area (Å²) in [5, 5.41) is 6.26. The molecule has 2 N–H and O–H groups in total. The van der Waals surface area contributed by atoms with E-state index < -0.39 is 0 Å². The minimum absolute atomic E-state index is 0.140. The van der Waals surface area contributed by atoms with E-state index in [4.69, 9.17) is 9.47 Å². The predicted molar refractivity (Wildman–Crippen MR) is 100 cm³/mol. The van der Waals surface area contributed by atoms with Crippen LogP contribution in [0, 0.1) is 0 Å². The van der Waals surface area contributed by atoms with Gasteiger partial charge in [-0.15, -0.1) is 0 Å². The fourth-order valence-electron chi connectivity index (χ4n) is 3.09. The lowest BCUT2D eigenvalue weighted by Crippen LogP contribution is -2.14. The molecule has 1 unspecified atom stereocenters. The van der Waals surface area contributed by atoms with Crippen molar-refractivity contribution in [2.75, 3.05) is 17.2 Å². The fraction of sp³-hybridized carbons (Fsp3) is 0.400. The van der Waals surface area contributed by atoms with Gasteiger partial charge in [-0.2, -0.15) is 0 Å². The molecule has 1 aliphatic heterocycles. The molecule has 1 atom stereocenters. The molecule has 0 bridgehead atoms. The zero-order valence-electron chi connectivity index (χ0n) is 15.0. The smallest absolute Gasteiger partial charge is 0.255 e. The number of aromatic nitrogens is 1. The van der Waals surface area contributed by atoms with E-state index in [-0.39, 0.29) is 12.0 Å². The molecule has 1 aliphatic carbocycles. The SMILES string of the molecule is CCOc1cc2c(cc1NC(=O)c1ccnc(NC3CC3)c1)OC(C)C2. The molecule has 136 valence electrons. The quantitative estimate of drug-likeness (QED) is 0.830. The van der Waals surface area contributed by atoms with Gasteiger partial charge in [-0.1, -0.05) is 0 Å². The summed E-state index contributed by atoms with van der Waals surface area (Å²) in [6.45, 7) is 4.49. The Balaban J connectivity index is 1.56. The summed E-state index contributed by atoms with van der Waals surface area (Å²) in [6.07, 6.45) is 4.95. The molecule has 1 fully saturated rings. The van der Waals surface area contributed by atoms with Gasteiger partial charge in [-0.3, -0.25) is 4.79 Å². The summed E-state index contributed by atoms with van der Waals surface area (Å²) in [6, 6.07) is 7.79. The molecular weight excluding hydrogens is 330 g/mol. The van der Waals surface area contributed by atoms with Crippen molar-refractivity contribution < 1.29 is 14.3 Å². The molecule has 2 heterocycles. The Morgan fingerprint density at radius 3 is 2.96 bits per heavy atom.